The molecule has 6 nitrogen and oxygen atoms in total. The summed E-state index contributed by atoms with van der Waals surface area (Å²) in [7, 11) is 0. The molecule has 2 bridgehead atoms. The second-order valence-electron chi connectivity index (χ2n) is 6.63. The quantitative estimate of drug-likeness (QED) is 0.724. The molecule has 1 aromatic carbocycles. The molecule has 1 aromatic heterocycles. The number of halogens is 4. The number of carbonyl (C=O) groups is 1. The van der Waals surface area contributed by atoms with Crippen LogP contribution in [0.25, 0.3) is 11.1 Å². The van der Waals surface area contributed by atoms with Crippen molar-refractivity contribution < 1.29 is 27.5 Å². The highest BCUT2D eigenvalue weighted by Gasteiger charge is 2.41. The Morgan fingerprint density at radius 3 is 2.50 bits per heavy atom. The minimum absolute atomic E-state index is 0.118. The zero-order valence-electron chi connectivity index (χ0n) is 13.5. The lowest BCUT2D eigenvalue weighted by Crippen LogP contribution is -2.62. The highest BCUT2D eigenvalue weighted by atomic mass is 79.9. The van der Waals surface area contributed by atoms with E-state index < -0.39 is 17.8 Å². The van der Waals surface area contributed by atoms with Crippen molar-refractivity contribution in [2.75, 3.05) is 18.0 Å². The van der Waals surface area contributed by atoms with Crippen LogP contribution in [0.2, 0.25) is 0 Å². The van der Waals surface area contributed by atoms with Crippen molar-refractivity contribution in [1.29, 1.82) is 0 Å². The van der Waals surface area contributed by atoms with E-state index in [4.69, 9.17) is 4.42 Å². The van der Waals surface area contributed by atoms with E-state index in [1.165, 1.54) is 4.90 Å². The van der Waals surface area contributed by atoms with E-state index >= 15 is 0 Å². The standard InChI is InChI=1S/C16H15BrF3N3O3/c17-11-4-8(16(18,19)20)5-12-13(11)26-14(21-12)22-6-9-2-1-3-10(7-22)23(9)15(24)25/h4-5,9-10H,1-3,6-7H2,(H,24,25). The molecule has 3 heterocycles. The lowest BCUT2D eigenvalue weighted by atomic mass is 9.92. The van der Waals surface area contributed by atoms with E-state index in [1.54, 1.807) is 0 Å². The van der Waals surface area contributed by atoms with E-state index in [-0.39, 0.29) is 33.7 Å². The molecule has 2 aliphatic heterocycles. The number of benzene rings is 1. The van der Waals surface area contributed by atoms with Crippen LogP contribution >= 0.6 is 15.9 Å². The highest BCUT2D eigenvalue weighted by Crippen LogP contribution is 2.38. The number of alkyl halides is 3. The van der Waals surface area contributed by atoms with Crippen molar-refractivity contribution in [3.8, 4) is 0 Å². The zero-order valence-corrected chi connectivity index (χ0v) is 15.0. The van der Waals surface area contributed by atoms with Crippen LogP contribution < -0.4 is 4.90 Å². The third-order valence-corrected chi connectivity index (χ3v) is 5.56. The Balaban J connectivity index is 1.67. The third-order valence-electron chi connectivity index (χ3n) is 4.98. The molecule has 0 radical (unpaired) electrons. The number of hydrogen-bond acceptors (Lipinski definition) is 4. The number of oxazole rings is 1. The van der Waals surface area contributed by atoms with Crippen molar-refractivity contribution in [3.63, 3.8) is 0 Å². The van der Waals surface area contributed by atoms with Gasteiger partial charge in [-0.1, -0.05) is 0 Å². The average Bonchev–Trinajstić information content (AvgIpc) is 2.97. The minimum atomic E-state index is -4.47. The highest BCUT2D eigenvalue weighted by molar-refractivity contribution is 9.10. The smallest absolute Gasteiger partial charge is 0.416 e. The van der Waals surface area contributed by atoms with Gasteiger partial charge >= 0.3 is 12.3 Å². The zero-order chi connectivity index (χ0) is 18.6. The maximum atomic E-state index is 13.0. The predicted octanol–water partition coefficient (Wildman–Crippen LogP) is 4.33. The molecule has 140 valence electrons. The van der Waals surface area contributed by atoms with Gasteiger partial charge in [-0.2, -0.15) is 18.2 Å². The molecule has 0 saturated carbocycles. The summed E-state index contributed by atoms with van der Waals surface area (Å²) in [5.74, 6) is 0. The Hall–Kier alpha value is -1.97. The summed E-state index contributed by atoms with van der Waals surface area (Å²) in [6.45, 7) is 0.832. The fraction of sp³-hybridized carbons (Fsp3) is 0.500. The summed E-state index contributed by atoms with van der Waals surface area (Å²) in [6.07, 6.45) is -2.95. The molecular weight excluding hydrogens is 419 g/mol. The van der Waals surface area contributed by atoms with Gasteiger partial charge in [0.15, 0.2) is 5.58 Å². The van der Waals surface area contributed by atoms with Crippen LogP contribution in [-0.4, -0.2) is 46.3 Å². The molecule has 0 spiro atoms. The van der Waals surface area contributed by atoms with Crippen LogP contribution in [-0.2, 0) is 6.18 Å². The number of aromatic nitrogens is 1. The molecule has 1 N–H and O–H groups in total. The number of anilines is 1. The van der Waals surface area contributed by atoms with E-state index in [0.717, 1.165) is 31.4 Å². The van der Waals surface area contributed by atoms with Crippen molar-refractivity contribution in [1.82, 2.24) is 9.88 Å². The second-order valence-corrected chi connectivity index (χ2v) is 7.49. The van der Waals surface area contributed by atoms with Gasteiger partial charge in [-0.25, -0.2) is 4.79 Å². The number of nitrogens with zero attached hydrogens (tertiary/aromatic N) is 3. The first-order valence-corrected chi connectivity index (χ1v) is 8.97. The van der Waals surface area contributed by atoms with Crippen LogP contribution in [0.3, 0.4) is 0 Å². The molecule has 2 fully saturated rings. The Morgan fingerprint density at radius 2 is 1.92 bits per heavy atom. The summed E-state index contributed by atoms with van der Waals surface area (Å²) in [6, 6.07) is 1.82. The lowest BCUT2D eigenvalue weighted by molar-refractivity contribution is -0.137. The van der Waals surface area contributed by atoms with Crippen molar-refractivity contribution in [2.24, 2.45) is 0 Å². The second kappa shape index (κ2) is 6.04. The number of piperazine rings is 1. The fourth-order valence-corrected chi connectivity index (χ4v) is 4.39. The Bertz CT molecular complexity index is 856. The van der Waals surface area contributed by atoms with E-state index in [2.05, 4.69) is 20.9 Å². The van der Waals surface area contributed by atoms with Gasteiger partial charge in [0.25, 0.3) is 6.01 Å². The van der Waals surface area contributed by atoms with Crippen LogP contribution in [0.4, 0.5) is 24.0 Å². The third kappa shape index (κ3) is 2.89. The fourth-order valence-electron chi connectivity index (χ4n) is 3.85. The van der Waals surface area contributed by atoms with Gasteiger partial charge in [0.1, 0.15) is 5.52 Å². The van der Waals surface area contributed by atoms with E-state index in [0.29, 0.717) is 13.1 Å². The molecule has 1 amide bonds. The number of carboxylic acid groups (broad SMARTS) is 1. The van der Waals surface area contributed by atoms with Crippen molar-refractivity contribution in [3.05, 3.63) is 22.2 Å². The molecule has 0 aliphatic carbocycles. The number of amides is 1. The summed E-state index contributed by atoms with van der Waals surface area (Å²) in [5, 5.41) is 9.41. The SMILES string of the molecule is O=C(O)N1C2CCCC1CN(c1nc3cc(C(F)(F)F)cc(Br)c3o1)C2. The Labute approximate surface area is 154 Å². The first kappa shape index (κ1) is 17.4. The Morgan fingerprint density at radius 1 is 1.27 bits per heavy atom. The minimum Gasteiger partial charge on any atom is -0.465 e. The average molecular weight is 434 g/mol. The molecular formula is C16H15BrF3N3O3. The summed E-state index contributed by atoms with van der Waals surface area (Å²) in [4.78, 5) is 19.0. The van der Waals surface area contributed by atoms with E-state index in [1.807, 2.05) is 4.90 Å². The topological polar surface area (TPSA) is 69.8 Å². The first-order valence-electron chi connectivity index (χ1n) is 8.17. The molecule has 2 unspecified atom stereocenters. The van der Waals surface area contributed by atoms with Crippen LogP contribution in [0.15, 0.2) is 21.0 Å². The van der Waals surface area contributed by atoms with Gasteiger partial charge in [-0.3, -0.25) is 4.90 Å². The van der Waals surface area contributed by atoms with Gasteiger partial charge in [0.2, 0.25) is 0 Å². The largest absolute Gasteiger partial charge is 0.465 e. The van der Waals surface area contributed by atoms with Gasteiger partial charge in [-0.05, 0) is 47.3 Å². The maximum absolute atomic E-state index is 13.0. The maximum Gasteiger partial charge on any atom is 0.416 e. The summed E-state index contributed by atoms with van der Waals surface area (Å²) in [5.41, 5.74) is -0.435. The van der Waals surface area contributed by atoms with Crippen molar-refractivity contribution in [2.45, 2.75) is 37.5 Å². The molecule has 2 atom stereocenters. The lowest BCUT2D eigenvalue weighted by Gasteiger charge is -2.48. The van der Waals surface area contributed by atoms with E-state index in [9.17, 15) is 23.1 Å². The number of fused-ring (bicyclic) bond motifs is 3. The van der Waals surface area contributed by atoms with Gasteiger partial charge in [0, 0.05) is 13.1 Å². The summed E-state index contributed by atoms with van der Waals surface area (Å²) < 4.78 is 44.8. The number of piperidine rings is 1. The van der Waals surface area contributed by atoms with Crippen LogP contribution in [0.5, 0.6) is 0 Å². The molecule has 10 heteroatoms. The Kier molecular flexibility index (Phi) is 4.05. The molecule has 2 aliphatic rings. The van der Waals surface area contributed by atoms with Gasteiger partial charge in [0.05, 0.1) is 22.1 Å². The molecule has 4 rings (SSSR count). The number of hydrogen-bond donors (Lipinski definition) is 1. The molecule has 2 saturated heterocycles. The van der Waals surface area contributed by atoms with Gasteiger partial charge < -0.3 is 14.4 Å². The number of rotatable bonds is 1. The molecule has 26 heavy (non-hydrogen) atoms. The van der Waals surface area contributed by atoms with Crippen LogP contribution in [0.1, 0.15) is 24.8 Å². The van der Waals surface area contributed by atoms with Crippen LogP contribution in [0, 0.1) is 0 Å². The first-order chi connectivity index (χ1) is 12.2. The predicted molar refractivity (Wildman–Crippen MR) is 90.2 cm³/mol. The molecule has 2 aromatic rings. The summed E-state index contributed by atoms with van der Waals surface area (Å²) >= 11 is 3.12. The monoisotopic (exact) mass is 433 g/mol. The van der Waals surface area contributed by atoms with Gasteiger partial charge in [-0.15, -0.1) is 0 Å². The normalized spacial score (nSPS) is 23.5. The van der Waals surface area contributed by atoms with Crippen molar-refractivity contribution >= 4 is 39.1 Å².